The van der Waals surface area contributed by atoms with Crippen LogP contribution in [0.3, 0.4) is 0 Å². The molecule has 174 valence electrons. The van der Waals surface area contributed by atoms with Crippen molar-refractivity contribution >= 4 is 50.3 Å². The summed E-state index contributed by atoms with van der Waals surface area (Å²) in [5.41, 5.74) is 1.55. The first kappa shape index (κ1) is 23.5. The maximum atomic E-state index is 13.3. The Balaban J connectivity index is 1.58. The number of hydrogen-bond donors (Lipinski definition) is 0. The lowest BCUT2D eigenvalue weighted by Crippen LogP contribution is -2.42. The number of halogens is 1. The maximum Gasteiger partial charge on any atom is 0.252 e. The summed E-state index contributed by atoms with van der Waals surface area (Å²) < 4.78 is 17.0. The van der Waals surface area contributed by atoms with Gasteiger partial charge in [-0.2, -0.15) is 0 Å². The van der Waals surface area contributed by atoms with Crippen LogP contribution in [0, 0.1) is 0 Å². The van der Waals surface area contributed by atoms with E-state index in [1.54, 1.807) is 31.3 Å². The summed E-state index contributed by atoms with van der Waals surface area (Å²) in [7, 11) is 3.18. The summed E-state index contributed by atoms with van der Waals surface area (Å²) in [5, 5.41) is 1.21. The number of ether oxygens (including phenoxy) is 3. The molecule has 4 rings (SSSR count). The standard InChI is InChI=1S/C24H26ClN3O4S/c1-30-19-8-6-17(16-20(19)31-2)7-9-22(29)28(11-10-27-12-14-32-15-13-27)24-26-23-18(25)4-3-5-21(23)33-24/h3-9,16H,10-15H2,1-2H3/b9-7+. The number of fused-ring (bicyclic) bond motifs is 1. The Labute approximate surface area is 202 Å². The second kappa shape index (κ2) is 11.0. The van der Waals surface area contributed by atoms with Gasteiger partial charge in [0.15, 0.2) is 16.6 Å². The SMILES string of the molecule is COc1ccc(/C=C/C(=O)N(CCN2CCOCC2)c2nc3c(Cl)cccc3s2)cc1OC. The minimum Gasteiger partial charge on any atom is -0.493 e. The zero-order valence-corrected chi connectivity index (χ0v) is 20.2. The van der Waals surface area contributed by atoms with E-state index < -0.39 is 0 Å². The Morgan fingerprint density at radius 1 is 1.21 bits per heavy atom. The number of benzene rings is 2. The molecule has 0 aliphatic carbocycles. The molecule has 2 heterocycles. The van der Waals surface area contributed by atoms with Crippen LogP contribution in [0.5, 0.6) is 11.5 Å². The Kier molecular flexibility index (Phi) is 7.82. The summed E-state index contributed by atoms with van der Waals surface area (Å²) in [4.78, 5) is 22.0. The van der Waals surface area contributed by atoms with Crippen molar-refractivity contribution in [2.45, 2.75) is 0 Å². The van der Waals surface area contributed by atoms with Gasteiger partial charge in [-0.15, -0.1) is 0 Å². The lowest BCUT2D eigenvalue weighted by atomic mass is 10.2. The van der Waals surface area contributed by atoms with Gasteiger partial charge in [0.25, 0.3) is 5.91 Å². The van der Waals surface area contributed by atoms with E-state index in [0.29, 0.717) is 46.9 Å². The summed E-state index contributed by atoms with van der Waals surface area (Å²) >= 11 is 7.79. The van der Waals surface area contributed by atoms with E-state index >= 15 is 0 Å². The molecule has 0 saturated carbocycles. The summed E-state index contributed by atoms with van der Waals surface area (Å²) in [5.74, 6) is 1.10. The van der Waals surface area contributed by atoms with Crippen molar-refractivity contribution in [3.63, 3.8) is 0 Å². The molecule has 1 saturated heterocycles. The van der Waals surface area contributed by atoms with E-state index in [0.717, 1.165) is 29.9 Å². The van der Waals surface area contributed by atoms with E-state index in [2.05, 4.69) is 9.88 Å². The van der Waals surface area contributed by atoms with Gasteiger partial charge in [-0.1, -0.05) is 35.1 Å². The molecule has 1 aliphatic heterocycles. The van der Waals surface area contributed by atoms with Gasteiger partial charge in [0, 0.05) is 32.3 Å². The minimum atomic E-state index is -0.145. The van der Waals surface area contributed by atoms with Crippen LogP contribution in [-0.4, -0.2) is 69.4 Å². The number of methoxy groups -OCH3 is 2. The molecule has 2 aromatic carbocycles. The number of amides is 1. The molecular formula is C24H26ClN3O4S. The summed E-state index contributed by atoms with van der Waals surface area (Å²) in [6.07, 6.45) is 3.33. The second-order valence-electron chi connectivity index (χ2n) is 7.47. The molecule has 1 amide bonds. The maximum absolute atomic E-state index is 13.3. The van der Waals surface area contributed by atoms with Crippen molar-refractivity contribution in [1.82, 2.24) is 9.88 Å². The van der Waals surface area contributed by atoms with Crippen molar-refractivity contribution in [3.8, 4) is 11.5 Å². The molecule has 0 spiro atoms. The normalized spacial score (nSPS) is 14.6. The third-order valence-corrected chi connectivity index (χ3v) is 6.77. The highest BCUT2D eigenvalue weighted by Gasteiger charge is 2.21. The number of anilines is 1. The first-order valence-corrected chi connectivity index (χ1v) is 11.8. The molecule has 1 aromatic heterocycles. The molecule has 33 heavy (non-hydrogen) atoms. The van der Waals surface area contributed by atoms with Gasteiger partial charge in [-0.3, -0.25) is 14.6 Å². The molecule has 0 atom stereocenters. The first-order valence-electron chi connectivity index (χ1n) is 10.7. The van der Waals surface area contributed by atoms with Crippen LogP contribution in [0.1, 0.15) is 5.56 Å². The number of morpholine rings is 1. The number of aromatic nitrogens is 1. The van der Waals surface area contributed by atoms with Crippen molar-refractivity contribution < 1.29 is 19.0 Å². The molecule has 0 unspecified atom stereocenters. The Bertz CT molecular complexity index is 1140. The van der Waals surface area contributed by atoms with Crippen LogP contribution in [0.15, 0.2) is 42.5 Å². The van der Waals surface area contributed by atoms with Crippen LogP contribution in [-0.2, 0) is 9.53 Å². The molecule has 9 heteroatoms. The van der Waals surface area contributed by atoms with Gasteiger partial charge >= 0.3 is 0 Å². The van der Waals surface area contributed by atoms with Crippen molar-refractivity contribution in [2.24, 2.45) is 0 Å². The average molecular weight is 488 g/mol. The quantitative estimate of drug-likeness (QED) is 0.440. The molecule has 1 fully saturated rings. The summed E-state index contributed by atoms with van der Waals surface area (Å²) in [6.45, 7) is 4.40. The van der Waals surface area contributed by atoms with Crippen LogP contribution in [0.2, 0.25) is 5.02 Å². The highest BCUT2D eigenvalue weighted by atomic mass is 35.5. The molecule has 3 aromatic rings. The highest BCUT2D eigenvalue weighted by molar-refractivity contribution is 7.22. The zero-order chi connectivity index (χ0) is 23.2. The monoisotopic (exact) mass is 487 g/mol. The predicted molar refractivity (Wildman–Crippen MR) is 133 cm³/mol. The Hall–Kier alpha value is -2.65. The van der Waals surface area contributed by atoms with E-state index in [9.17, 15) is 4.79 Å². The van der Waals surface area contributed by atoms with Gasteiger partial charge < -0.3 is 14.2 Å². The average Bonchev–Trinajstić information content (AvgIpc) is 3.28. The molecular weight excluding hydrogens is 462 g/mol. The number of hydrogen-bond acceptors (Lipinski definition) is 7. The lowest BCUT2D eigenvalue weighted by Gasteiger charge is -2.28. The largest absolute Gasteiger partial charge is 0.493 e. The topological polar surface area (TPSA) is 64.1 Å². The number of para-hydroxylation sites is 1. The molecule has 1 aliphatic rings. The van der Waals surface area contributed by atoms with Gasteiger partial charge in [-0.05, 0) is 35.9 Å². The van der Waals surface area contributed by atoms with E-state index in [-0.39, 0.29) is 5.91 Å². The lowest BCUT2D eigenvalue weighted by molar-refractivity contribution is -0.114. The van der Waals surface area contributed by atoms with Gasteiger partial charge in [0.2, 0.25) is 0 Å². The fourth-order valence-corrected chi connectivity index (χ4v) is 4.90. The third kappa shape index (κ3) is 5.65. The van der Waals surface area contributed by atoms with Crippen molar-refractivity contribution in [3.05, 3.63) is 53.1 Å². The number of rotatable bonds is 8. The molecule has 0 radical (unpaired) electrons. The van der Waals surface area contributed by atoms with Gasteiger partial charge in [0.05, 0.1) is 37.2 Å². The van der Waals surface area contributed by atoms with Gasteiger partial charge in [-0.25, -0.2) is 4.98 Å². The molecule has 0 N–H and O–H groups in total. The van der Waals surface area contributed by atoms with Crippen molar-refractivity contribution in [1.29, 1.82) is 0 Å². The number of carbonyl (C=O) groups excluding carboxylic acids is 1. The van der Waals surface area contributed by atoms with E-state index in [1.807, 2.05) is 36.4 Å². The van der Waals surface area contributed by atoms with Crippen molar-refractivity contribution in [2.75, 3.05) is 58.5 Å². The van der Waals surface area contributed by atoms with Gasteiger partial charge in [0.1, 0.15) is 5.52 Å². The predicted octanol–water partition coefficient (Wildman–Crippen LogP) is 4.35. The minimum absolute atomic E-state index is 0.145. The Morgan fingerprint density at radius 2 is 2.00 bits per heavy atom. The number of carbonyl (C=O) groups is 1. The third-order valence-electron chi connectivity index (χ3n) is 5.42. The molecule has 7 nitrogen and oxygen atoms in total. The first-order chi connectivity index (χ1) is 16.1. The fourth-order valence-electron chi connectivity index (χ4n) is 3.60. The smallest absolute Gasteiger partial charge is 0.252 e. The van der Waals surface area contributed by atoms with Crippen LogP contribution >= 0.6 is 22.9 Å². The number of thiazole rings is 1. The number of nitrogens with zero attached hydrogens (tertiary/aromatic N) is 3. The van der Waals surface area contributed by atoms with E-state index in [1.165, 1.54) is 11.3 Å². The van der Waals surface area contributed by atoms with Crippen LogP contribution in [0.4, 0.5) is 5.13 Å². The van der Waals surface area contributed by atoms with E-state index in [4.69, 9.17) is 25.8 Å². The zero-order valence-electron chi connectivity index (χ0n) is 18.6. The Morgan fingerprint density at radius 3 is 2.73 bits per heavy atom. The summed E-state index contributed by atoms with van der Waals surface area (Å²) in [6, 6.07) is 11.2. The van der Waals surface area contributed by atoms with Crippen LogP contribution < -0.4 is 14.4 Å². The fraction of sp³-hybridized carbons (Fsp3) is 0.333. The van der Waals surface area contributed by atoms with Crippen LogP contribution in [0.25, 0.3) is 16.3 Å². The second-order valence-corrected chi connectivity index (χ2v) is 8.89. The molecule has 0 bridgehead atoms. The highest BCUT2D eigenvalue weighted by Crippen LogP contribution is 2.33.